The number of methoxy groups -OCH3 is 1. The van der Waals surface area contributed by atoms with Gasteiger partial charge in [-0.15, -0.1) is 11.3 Å². The van der Waals surface area contributed by atoms with Crippen molar-refractivity contribution < 1.29 is 14.3 Å². The first kappa shape index (κ1) is 14.6. The first-order valence-electron chi connectivity index (χ1n) is 5.42. The maximum absolute atomic E-state index is 12.1. The summed E-state index contributed by atoms with van der Waals surface area (Å²) in [6.07, 6.45) is 0. The predicted octanol–water partition coefficient (Wildman–Crippen LogP) is 0.320. The van der Waals surface area contributed by atoms with E-state index < -0.39 is 0 Å². The molecule has 0 N–H and O–H groups in total. The second-order valence-corrected chi connectivity index (χ2v) is 4.60. The second kappa shape index (κ2) is 7.07. The number of nitrogens with zero attached hydrogens (tertiary/aromatic N) is 3. The monoisotopic (exact) mass is 271 g/mol. The van der Waals surface area contributed by atoms with Gasteiger partial charge in [-0.25, -0.2) is 4.98 Å². The number of carbonyl (C=O) groups excluding carboxylic acids is 2. The molecule has 0 saturated heterocycles. The minimum absolute atomic E-state index is 0.0344. The standard InChI is InChI=1S/C11H17N3O3S/c1-13(2)10(15)6-14(4-5-17-3)11(16)9-7-18-8-12-9/h7-8H,4-6H2,1-3H3. The maximum atomic E-state index is 12.1. The molecule has 0 bridgehead atoms. The normalized spacial score (nSPS) is 10.2. The summed E-state index contributed by atoms with van der Waals surface area (Å²) >= 11 is 1.35. The molecule has 0 radical (unpaired) electrons. The molecule has 2 amide bonds. The van der Waals surface area contributed by atoms with Gasteiger partial charge in [0.05, 0.1) is 12.1 Å². The molecule has 0 aliphatic heterocycles. The number of hydrogen-bond donors (Lipinski definition) is 0. The van der Waals surface area contributed by atoms with Gasteiger partial charge in [0, 0.05) is 33.1 Å². The van der Waals surface area contributed by atoms with Crippen LogP contribution >= 0.6 is 11.3 Å². The molecule has 0 fully saturated rings. The summed E-state index contributed by atoms with van der Waals surface area (Å²) in [5.41, 5.74) is 1.96. The van der Waals surface area contributed by atoms with Crippen LogP contribution in [0.4, 0.5) is 0 Å². The highest BCUT2D eigenvalue weighted by molar-refractivity contribution is 7.07. The summed E-state index contributed by atoms with van der Waals surface area (Å²) in [5.74, 6) is -0.377. The van der Waals surface area contributed by atoms with Crippen molar-refractivity contribution in [1.82, 2.24) is 14.8 Å². The highest BCUT2D eigenvalue weighted by Crippen LogP contribution is 2.06. The summed E-state index contributed by atoms with van der Waals surface area (Å²) in [7, 11) is 4.87. The van der Waals surface area contributed by atoms with E-state index in [9.17, 15) is 9.59 Å². The Morgan fingerprint density at radius 1 is 1.44 bits per heavy atom. The minimum atomic E-state index is -0.247. The molecule has 6 nitrogen and oxygen atoms in total. The van der Waals surface area contributed by atoms with Crippen LogP contribution in [0.15, 0.2) is 10.9 Å². The Bertz CT molecular complexity index is 392. The Kier molecular flexibility index (Phi) is 5.73. The number of amides is 2. The van der Waals surface area contributed by atoms with Gasteiger partial charge in [0.1, 0.15) is 12.2 Å². The van der Waals surface area contributed by atoms with Crippen LogP contribution in [0.1, 0.15) is 10.5 Å². The summed E-state index contributed by atoms with van der Waals surface area (Å²) in [6, 6.07) is 0. The number of hydrogen-bond acceptors (Lipinski definition) is 5. The lowest BCUT2D eigenvalue weighted by molar-refractivity contribution is -0.129. The molecule has 0 spiro atoms. The van der Waals surface area contributed by atoms with E-state index in [0.29, 0.717) is 18.8 Å². The van der Waals surface area contributed by atoms with Gasteiger partial charge >= 0.3 is 0 Å². The first-order chi connectivity index (χ1) is 8.56. The Morgan fingerprint density at radius 2 is 2.17 bits per heavy atom. The summed E-state index contributed by atoms with van der Waals surface area (Å²) in [5, 5.41) is 1.67. The Balaban J connectivity index is 2.71. The Hall–Kier alpha value is -1.47. The van der Waals surface area contributed by atoms with Crippen LogP contribution in [0, 0.1) is 0 Å². The van der Waals surface area contributed by atoms with E-state index in [4.69, 9.17) is 4.74 Å². The van der Waals surface area contributed by atoms with Crippen LogP contribution in [0.3, 0.4) is 0 Å². The number of carbonyl (C=O) groups is 2. The Labute approximate surface area is 110 Å². The molecular formula is C11H17N3O3S. The fourth-order valence-corrected chi connectivity index (χ4v) is 1.76. The van der Waals surface area contributed by atoms with E-state index in [2.05, 4.69) is 4.98 Å². The topological polar surface area (TPSA) is 62.7 Å². The third kappa shape index (κ3) is 4.08. The molecule has 1 heterocycles. The van der Waals surface area contributed by atoms with Gasteiger partial charge < -0.3 is 14.5 Å². The van der Waals surface area contributed by atoms with Crippen LogP contribution in [0.2, 0.25) is 0 Å². The molecule has 100 valence electrons. The van der Waals surface area contributed by atoms with Crippen LogP contribution in [-0.4, -0.2) is 67.5 Å². The van der Waals surface area contributed by atoms with Crippen LogP contribution in [-0.2, 0) is 9.53 Å². The third-order valence-electron chi connectivity index (χ3n) is 2.33. The third-order valence-corrected chi connectivity index (χ3v) is 2.92. The summed E-state index contributed by atoms with van der Waals surface area (Å²) < 4.78 is 4.95. The fourth-order valence-electron chi connectivity index (χ4n) is 1.24. The van der Waals surface area contributed by atoms with Crippen molar-refractivity contribution in [2.75, 3.05) is 40.9 Å². The van der Waals surface area contributed by atoms with Gasteiger partial charge in [-0.1, -0.05) is 0 Å². The molecular weight excluding hydrogens is 254 g/mol. The molecule has 1 rings (SSSR count). The van der Waals surface area contributed by atoms with Gasteiger partial charge in [0.25, 0.3) is 5.91 Å². The lowest BCUT2D eigenvalue weighted by atomic mass is 10.3. The van der Waals surface area contributed by atoms with Gasteiger partial charge in [-0.2, -0.15) is 0 Å². The Morgan fingerprint density at radius 3 is 2.67 bits per heavy atom. The van der Waals surface area contributed by atoms with E-state index in [1.165, 1.54) is 21.1 Å². The van der Waals surface area contributed by atoms with Crippen molar-refractivity contribution in [1.29, 1.82) is 0 Å². The van der Waals surface area contributed by atoms with Crippen LogP contribution < -0.4 is 0 Å². The van der Waals surface area contributed by atoms with Crippen molar-refractivity contribution in [3.63, 3.8) is 0 Å². The average Bonchev–Trinajstić information content (AvgIpc) is 2.86. The molecule has 0 aliphatic carbocycles. The van der Waals surface area contributed by atoms with Gasteiger partial charge in [-0.05, 0) is 0 Å². The van der Waals surface area contributed by atoms with Crippen molar-refractivity contribution in [2.45, 2.75) is 0 Å². The van der Waals surface area contributed by atoms with E-state index >= 15 is 0 Å². The molecule has 18 heavy (non-hydrogen) atoms. The van der Waals surface area contributed by atoms with E-state index in [1.807, 2.05) is 0 Å². The van der Waals surface area contributed by atoms with E-state index in [-0.39, 0.29) is 18.4 Å². The van der Waals surface area contributed by atoms with Gasteiger partial charge in [0.2, 0.25) is 5.91 Å². The lowest BCUT2D eigenvalue weighted by Gasteiger charge is -2.22. The maximum Gasteiger partial charge on any atom is 0.273 e. The highest BCUT2D eigenvalue weighted by atomic mass is 32.1. The molecule has 0 saturated carbocycles. The molecule has 0 unspecified atom stereocenters. The smallest absolute Gasteiger partial charge is 0.273 e. The van der Waals surface area contributed by atoms with E-state index in [0.717, 1.165) is 0 Å². The number of aromatic nitrogens is 1. The van der Waals surface area contributed by atoms with E-state index in [1.54, 1.807) is 32.1 Å². The van der Waals surface area contributed by atoms with Gasteiger partial charge in [-0.3, -0.25) is 9.59 Å². The zero-order valence-electron chi connectivity index (χ0n) is 10.8. The molecule has 0 atom stereocenters. The largest absolute Gasteiger partial charge is 0.383 e. The quantitative estimate of drug-likeness (QED) is 0.747. The molecule has 1 aromatic rings. The summed E-state index contributed by atoms with van der Waals surface area (Å²) in [6.45, 7) is 0.787. The molecule has 1 aromatic heterocycles. The van der Waals surface area contributed by atoms with Crippen molar-refractivity contribution >= 4 is 23.2 Å². The number of likely N-dealkylation sites (N-methyl/N-ethyl adjacent to an activating group) is 1. The molecule has 0 aliphatic rings. The zero-order valence-corrected chi connectivity index (χ0v) is 11.6. The van der Waals surface area contributed by atoms with Crippen LogP contribution in [0.5, 0.6) is 0 Å². The van der Waals surface area contributed by atoms with Crippen molar-refractivity contribution in [2.24, 2.45) is 0 Å². The molecule has 0 aromatic carbocycles. The van der Waals surface area contributed by atoms with Crippen LogP contribution in [0.25, 0.3) is 0 Å². The average molecular weight is 271 g/mol. The number of ether oxygens (including phenoxy) is 1. The van der Waals surface area contributed by atoms with Crippen molar-refractivity contribution in [3.05, 3.63) is 16.6 Å². The first-order valence-corrected chi connectivity index (χ1v) is 6.37. The summed E-state index contributed by atoms with van der Waals surface area (Å²) in [4.78, 5) is 30.6. The molecule has 7 heteroatoms. The van der Waals surface area contributed by atoms with Crippen molar-refractivity contribution in [3.8, 4) is 0 Å². The predicted molar refractivity (Wildman–Crippen MR) is 68.6 cm³/mol. The highest BCUT2D eigenvalue weighted by Gasteiger charge is 2.20. The number of rotatable bonds is 6. The minimum Gasteiger partial charge on any atom is -0.383 e. The zero-order chi connectivity index (χ0) is 13.5. The lowest BCUT2D eigenvalue weighted by Crippen LogP contribution is -2.42. The van der Waals surface area contributed by atoms with Gasteiger partial charge in [0.15, 0.2) is 0 Å². The second-order valence-electron chi connectivity index (χ2n) is 3.88. The fraction of sp³-hybridized carbons (Fsp3) is 0.545. The number of thiazole rings is 1. The SMILES string of the molecule is COCCN(CC(=O)N(C)C)C(=O)c1cscn1.